The normalized spacial score (nSPS) is 12.0. The van der Waals surface area contributed by atoms with Gasteiger partial charge in [-0.3, -0.25) is 4.79 Å². The highest BCUT2D eigenvalue weighted by Gasteiger charge is 2.14. The number of rotatable bonds is 6. The van der Waals surface area contributed by atoms with Crippen molar-refractivity contribution in [2.24, 2.45) is 0 Å². The molecule has 0 fully saturated rings. The van der Waals surface area contributed by atoms with Crippen molar-refractivity contribution in [3.05, 3.63) is 71.1 Å². The predicted octanol–water partition coefficient (Wildman–Crippen LogP) is 4.13. The van der Waals surface area contributed by atoms with E-state index >= 15 is 0 Å². The molecular formula is C20H19F2N3O2. The van der Waals surface area contributed by atoms with E-state index in [9.17, 15) is 13.6 Å². The molecule has 1 heterocycles. The van der Waals surface area contributed by atoms with Crippen LogP contribution in [0, 0.1) is 18.6 Å². The third kappa shape index (κ3) is 4.75. The molecule has 1 unspecified atom stereocenters. The largest absolute Gasteiger partial charge is 0.421 e. The Bertz CT molecular complexity index is 939. The summed E-state index contributed by atoms with van der Waals surface area (Å²) in [4.78, 5) is 12.1. The van der Waals surface area contributed by atoms with Crippen LogP contribution in [0.25, 0.3) is 11.5 Å². The minimum Gasteiger partial charge on any atom is -0.421 e. The monoisotopic (exact) mass is 371 g/mol. The summed E-state index contributed by atoms with van der Waals surface area (Å²) in [6.45, 7) is 3.69. The second kappa shape index (κ2) is 8.07. The fourth-order valence-electron chi connectivity index (χ4n) is 2.57. The molecule has 0 bridgehead atoms. The number of hydrogen-bond acceptors (Lipinski definition) is 4. The van der Waals surface area contributed by atoms with Crippen molar-refractivity contribution < 1.29 is 18.0 Å². The van der Waals surface area contributed by atoms with E-state index in [0.717, 1.165) is 23.3 Å². The molecule has 1 amide bonds. The molecule has 2 aromatic carbocycles. The van der Waals surface area contributed by atoms with E-state index in [1.54, 1.807) is 6.92 Å². The van der Waals surface area contributed by atoms with Crippen LogP contribution in [0.1, 0.15) is 36.4 Å². The van der Waals surface area contributed by atoms with E-state index in [-0.39, 0.29) is 18.7 Å². The predicted molar refractivity (Wildman–Crippen MR) is 95.7 cm³/mol. The SMILES string of the molecule is Cc1ccc(-c2nnc(CCC(=O)NC(C)c3ccc(F)c(F)c3)o2)cc1. The van der Waals surface area contributed by atoms with Crippen molar-refractivity contribution in [3.63, 3.8) is 0 Å². The fourth-order valence-corrected chi connectivity index (χ4v) is 2.57. The number of nitrogens with one attached hydrogen (secondary N) is 1. The van der Waals surface area contributed by atoms with Gasteiger partial charge in [-0.15, -0.1) is 10.2 Å². The molecule has 1 N–H and O–H groups in total. The standard InChI is InChI=1S/C20H19F2N3O2/c1-12-3-5-14(6-4-12)20-25-24-19(27-20)10-9-18(26)23-13(2)15-7-8-16(21)17(22)11-15/h3-8,11,13H,9-10H2,1-2H3,(H,23,26). The highest BCUT2D eigenvalue weighted by molar-refractivity contribution is 5.76. The van der Waals surface area contributed by atoms with Crippen molar-refractivity contribution in [1.29, 1.82) is 0 Å². The lowest BCUT2D eigenvalue weighted by atomic mass is 10.1. The van der Waals surface area contributed by atoms with Crippen molar-refractivity contribution in [2.75, 3.05) is 0 Å². The minimum absolute atomic E-state index is 0.142. The summed E-state index contributed by atoms with van der Waals surface area (Å²) in [5.41, 5.74) is 2.43. The number of aromatic nitrogens is 2. The molecule has 0 aliphatic heterocycles. The van der Waals surface area contributed by atoms with Crippen LogP contribution in [-0.2, 0) is 11.2 Å². The summed E-state index contributed by atoms with van der Waals surface area (Å²) in [5.74, 6) is -1.34. The molecule has 0 saturated heterocycles. The van der Waals surface area contributed by atoms with E-state index in [1.165, 1.54) is 6.07 Å². The Morgan fingerprint density at radius 1 is 1.11 bits per heavy atom. The van der Waals surface area contributed by atoms with Crippen LogP contribution in [0.15, 0.2) is 46.9 Å². The summed E-state index contributed by atoms with van der Waals surface area (Å²) in [6.07, 6.45) is 0.429. The lowest BCUT2D eigenvalue weighted by molar-refractivity contribution is -0.121. The average molecular weight is 371 g/mol. The minimum atomic E-state index is -0.942. The van der Waals surface area contributed by atoms with Crippen molar-refractivity contribution in [1.82, 2.24) is 15.5 Å². The van der Waals surface area contributed by atoms with Crippen LogP contribution in [0.5, 0.6) is 0 Å². The maximum absolute atomic E-state index is 13.3. The molecule has 0 spiro atoms. The first-order valence-corrected chi connectivity index (χ1v) is 8.56. The quantitative estimate of drug-likeness (QED) is 0.707. The summed E-state index contributed by atoms with van der Waals surface area (Å²) >= 11 is 0. The first-order valence-electron chi connectivity index (χ1n) is 8.56. The highest BCUT2D eigenvalue weighted by atomic mass is 19.2. The van der Waals surface area contributed by atoms with Gasteiger partial charge in [0.15, 0.2) is 11.6 Å². The zero-order valence-corrected chi connectivity index (χ0v) is 15.0. The van der Waals surface area contributed by atoms with Gasteiger partial charge in [-0.1, -0.05) is 23.8 Å². The molecule has 27 heavy (non-hydrogen) atoms. The van der Waals surface area contributed by atoms with E-state index < -0.39 is 17.7 Å². The molecule has 140 valence electrons. The first-order chi connectivity index (χ1) is 12.9. The molecule has 7 heteroatoms. The lowest BCUT2D eigenvalue weighted by Gasteiger charge is -2.14. The molecule has 3 aromatic rings. The second-order valence-corrected chi connectivity index (χ2v) is 6.33. The maximum Gasteiger partial charge on any atom is 0.247 e. The number of nitrogens with zero attached hydrogens (tertiary/aromatic N) is 2. The fraction of sp³-hybridized carbons (Fsp3) is 0.250. The number of benzene rings is 2. The van der Waals surface area contributed by atoms with Gasteiger partial charge in [0.2, 0.25) is 17.7 Å². The van der Waals surface area contributed by atoms with E-state index in [2.05, 4.69) is 15.5 Å². The summed E-state index contributed by atoms with van der Waals surface area (Å²) < 4.78 is 31.9. The lowest BCUT2D eigenvalue weighted by Crippen LogP contribution is -2.27. The Labute approximate surface area is 155 Å². The summed E-state index contributed by atoms with van der Waals surface area (Å²) in [6, 6.07) is 10.8. The van der Waals surface area contributed by atoms with Gasteiger partial charge in [0, 0.05) is 18.4 Å². The molecule has 0 aliphatic rings. The Kier molecular flexibility index (Phi) is 5.59. The zero-order chi connectivity index (χ0) is 19.4. The van der Waals surface area contributed by atoms with Gasteiger partial charge in [-0.05, 0) is 43.7 Å². The molecule has 3 rings (SSSR count). The molecule has 1 aromatic heterocycles. The first kappa shape index (κ1) is 18.7. The van der Waals surface area contributed by atoms with Gasteiger partial charge in [-0.25, -0.2) is 8.78 Å². The van der Waals surface area contributed by atoms with Crippen LogP contribution in [0.3, 0.4) is 0 Å². The van der Waals surface area contributed by atoms with Crippen LogP contribution in [-0.4, -0.2) is 16.1 Å². The van der Waals surface area contributed by atoms with Crippen LogP contribution >= 0.6 is 0 Å². The van der Waals surface area contributed by atoms with Crippen molar-refractivity contribution >= 4 is 5.91 Å². The molecule has 1 atom stereocenters. The summed E-state index contributed by atoms with van der Waals surface area (Å²) in [7, 11) is 0. The molecular weight excluding hydrogens is 352 g/mol. The number of aryl methyl sites for hydroxylation is 2. The Morgan fingerprint density at radius 2 is 1.85 bits per heavy atom. The number of halogens is 2. The van der Waals surface area contributed by atoms with E-state index in [1.807, 2.05) is 31.2 Å². The molecule has 5 nitrogen and oxygen atoms in total. The second-order valence-electron chi connectivity index (χ2n) is 6.33. The Balaban J connectivity index is 1.54. The van der Waals surface area contributed by atoms with Gasteiger partial charge in [0.05, 0.1) is 6.04 Å². The molecule has 0 saturated carbocycles. The van der Waals surface area contributed by atoms with Gasteiger partial charge >= 0.3 is 0 Å². The maximum atomic E-state index is 13.3. The number of carbonyl (C=O) groups is 1. The van der Waals surface area contributed by atoms with Gasteiger partial charge in [-0.2, -0.15) is 0 Å². The molecule has 0 radical (unpaired) electrons. The number of amides is 1. The third-order valence-electron chi connectivity index (χ3n) is 4.15. The summed E-state index contributed by atoms with van der Waals surface area (Å²) in [5, 5.41) is 10.7. The smallest absolute Gasteiger partial charge is 0.247 e. The Hall–Kier alpha value is -3.09. The number of carbonyl (C=O) groups excluding carboxylic acids is 1. The topological polar surface area (TPSA) is 68.0 Å². The van der Waals surface area contributed by atoms with Crippen LogP contribution in [0.4, 0.5) is 8.78 Å². The van der Waals surface area contributed by atoms with Gasteiger partial charge in [0.25, 0.3) is 0 Å². The van der Waals surface area contributed by atoms with E-state index in [0.29, 0.717) is 17.3 Å². The van der Waals surface area contributed by atoms with Gasteiger partial charge in [0.1, 0.15) is 0 Å². The number of hydrogen-bond donors (Lipinski definition) is 1. The van der Waals surface area contributed by atoms with E-state index in [4.69, 9.17) is 4.42 Å². The van der Waals surface area contributed by atoms with Gasteiger partial charge < -0.3 is 9.73 Å². The van der Waals surface area contributed by atoms with Crippen LogP contribution < -0.4 is 5.32 Å². The van der Waals surface area contributed by atoms with Crippen molar-refractivity contribution in [2.45, 2.75) is 32.7 Å². The third-order valence-corrected chi connectivity index (χ3v) is 4.15. The highest BCUT2D eigenvalue weighted by Crippen LogP contribution is 2.19. The Morgan fingerprint density at radius 3 is 2.56 bits per heavy atom. The average Bonchev–Trinajstić information content (AvgIpc) is 3.12. The van der Waals surface area contributed by atoms with Crippen LogP contribution in [0.2, 0.25) is 0 Å². The zero-order valence-electron chi connectivity index (χ0n) is 15.0. The molecule has 0 aliphatic carbocycles. The van der Waals surface area contributed by atoms with Crippen molar-refractivity contribution in [3.8, 4) is 11.5 Å².